The number of nitrogens with one attached hydrogen (secondary N) is 2. The summed E-state index contributed by atoms with van der Waals surface area (Å²) in [6.07, 6.45) is 4.13. The standard InChI is InChI=1S/C16H16N6O3/c1-10(21-22-16(25)13-9-18-6-7-19-13)8-14(23)20-12-4-2-11(3-5-12)15(17)24/h2-7,9H,8H2,1H3,(H2,17,24)(H,20,23)(H,22,25)/b21-10-. The van der Waals surface area contributed by atoms with E-state index in [0.717, 1.165) is 0 Å². The first-order valence-electron chi connectivity index (χ1n) is 7.25. The number of anilines is 1. The highest BCUT2D eigenvalue weighted by Crippen LogP contribution is 2.09. The molecule has 1 heterocycles. The molecule has 0 bridgehead atoms. The molecule has 1 aromatic heterocycles. The van der Waals surface area contributed by atoms with Gasteiger partial charge in [-0.2, -0.15) is 5.10 Å². The predicted octanol–water partition coefficient (Wildman–Crippen LogP) is 0.710. The molecule has 0 aliphatic heterocycles. The maximum Gasteiger partial charge on any atom is 0.291 e. The SMILES string of the molecule is C/C(CC(=O)Nc1ccc(C(N)=O)cc1)=N/NC(=O)c1cnccn1. The summed E-state index contributed by atoms with van der Waals surface area (Å²) in [5.41, 5.74) is 8.85. The van der Waals surface area contributed by atoms with Gasteiger partial charge in [-0.3, -0.25) is 19.4 Å². The van der Waals surface area contributed by atoms with Gasteiger partial charge < -0.3 is 11.1 Å². The Bertz CT molecular complexity index is 802. The van der Waals surface area contributed by atoms with Crippen LogP contribution in [-0.4, -0.2) is 33.4 Å². The zero-order valence-electron chi connectivity index (χ0n) is 13.4. The smallest absolute Gasteiger partial charge is 0.291 e. The molecule has 0 fully saturated rings. The largest absolute Gasteiger partial charge is 0.366 e. The van der Waals surface area contributed by atoms with E-state index in [1.54, 1.807) is 19.1 Å². The molecule has 0 aliphatic carbocycles. The summed E-state index contributed by atoms with van der Waals surface area (Å²) < 4.78 is 0. The summed E-state index contributed by atoms with van der Waals surface area (Å²) in [6.45, 7) is 1.60. The van der Waals surface area contributed by atoms with Gasteiger partial charge in [0.05, 0.1) is 12.6 Å². The lowest BCUT2D eigenvalue weighted by Gasteiger charge is -2.06. The lowest BCUT2D eigenvalue weighted by Crippen LogP contribution is -2.22. The number of carbonyl (C=O) groups excluding carboxylic acids is 3. The average molecular weight is 340 g/mol. The molecule has 0 atom stereocenters. The fourth-order valence-electron chi connectivity index (χ4n) is 1.81. The van der Waals surface area contributed by atoms with E-state index in [9.17, 15) is 14.4 Å². The monoisotopic (exact) mass is 340 g/mol. The van der Waals surface area contributed by atoms with Crippen LogP contribution in [0.15, 0.2) is 48.0 Å². The van der Waals surface area contributed by atoms with Gasteiger partial charge in [0, 0.05) is 29.4 Å². The fraction of sp³-hybridized carbons (Fsp3) is 0.125. The van der Waals surface area contributed by atoms with E-state index in [1.807, 2.05) is 0 Å². The van der Waals surface area contributed by atoms with Crippen LogP contribution >= 0.6 is 0 Å². The Balaban J connectivity index is 1.86. The van der Waals surface area contributed by atoms with Crippen LogP contribution in [0.3, 0.4) is 0 Å². The number of benzene rings is 1. The molecule has 25 heavy (non-hydrogen) atoms. The minimum absolute atomic E-state index is 0.0156. The Kier molecular flexibility index (Phi) is 5.88. The number of hydrogen-bond acceptors (Lipinski definition) is 6. The molecular weight excluding hydrogens is 324 g/mol. The Morgan fingerprint density at radius 2 is 1.88 bits per heavy atom. The lowest BCUT2D eigenvalue weighted by atomic mass is 10.2. The third-order valence-electron chi connectivity index (χ3n) is 3.01. The van der Waals surface area contributed by atoms with Crippen LogP contribution in [0.1, 0.15) is 34.2 Å². The molecular formula is C16H16N6O3. The Hall–Kier alpha value is -3.62. The zero-order valence-corrected chi connectivity index (χ0v) is 13.4. The first-order chi connectivity index (χ1) is 12.0. The molecule has 0 unspecified atom stereocenters. The number of nitrogens with two attached hydrogens (primary N) is 1. The van der Waals surface area contributed by atoms with Gasteiger partial charge >= 0.3 is 0 Å². The number of hydrazone groups is 1. The number of rotatable bonds is 6. The summed E-state index contributed by atoms with van der Waals surface area (Å²) in [6, 6.07) is 6.17. The molecule has 9 nitrogen and oxygen atoms in total. The first-order valence-corrected chi connectivity index (χ1v) is 7.25. The molecule has 3 amide bonds. The van der Waals surface area contributed by atoms with E-state index in [-0.39, 0.29) is 18.0 Å². The number of carbonyl (C=O) groups is 3. The molecule has 0 radical (unpaired) electrons. The van der Waals surface area contributed by atoms with Gasteiger partial charge in [0.15, 0.2) is 0 Å². The summed E-state index contributed by atoms with van der Waals surface area (Å²) in [5, 5.41) is 6.50. The second kappa shape index (κ2) is 8.29. The predicted molar refractivity (Wildman–Crippen MR) is 90.8 cm³/mol. The van der Waals surface area contributed by atoms with Crippen molar-refractivity contribution in [1.29, 1.82) is 0 Å². The van der Waals surface area contributed by atoms with Crippen molar-refractivity contribution in [3.05, 3.63) is 54.1 Å². The average Bonchev–Trinajstić information content (AvgIpc) is 2.60. The van der Waals surface area contributed by atoms with Crippen LogP contribution in [-0.2, 0) is 4.79 Å². The van der Waals surface area contributed by atoms with Gasteiger partial charge in [0.25, 0.3) is 5.91 Å². The fourth-order valence-corrected chi connectivity index (χ4v) is 1.81. The molecule has 0 aliphatic rings. The van der Waals surface area contributed by atoms with Crippen molar-refractivity contribution in [2.75, 3.05) is 5.32 Å². The van der Waals surface area contributed by atoms with E-state index >= 15 is 0 Å². The molecule has 9 heteroatoms. The minimum atomic E-state index is -0.542. The first kappa shape index (κ1) is 17.7. The highest BCUT2D eigenvalue weighted by molar-refractivity contribution is 6.06. The van der Waals surface area contributed by atoms with Crippen molar-refractivity contribution in [3.63, 3.8) is 0 Å². The summed E-state index contributed by atoms with van der Waals surface area (Å²) in [5.74, 6) is -1.38. The highest BCUT2D eigenvalue weighted by atomic mass is 16.2. The van der Waals surface area contributed by atoms with Crippen molar-refractivity contribution < 1.29 is 14.4 Å². The van der Waals surface area contributed by atoms with Gasteiger partial charge in [-0.1, -0.05) is 0 Å². The molecule has 2 rings (SSSR count). The Morgan fingerprint density at radius 3 is 2.48 bits per heavy atom. The van der Waals surface area contributed by atoms with E-state index in [4.69, 9.17) is 5.73 Å². The van der Waals surface area contributed by atoms with Gasteiger partial charge in [-0.25, -0.2) is 10.4 Å². The molecule has 0 saturated heterocycles. The van der Waals surface area contributed by atoms with Gasteiger partial charge in [0.1, 0.15) is 5.69 Å². The summed E-state index contributed by atoms with van der Waals surface area (Å²) in [7, 11) is 0. The maximum absolute atomic E-state index is 11.9. The van der Waals surface area contributed by atoms with Crippen molar-refractivity contribution in [3.8, 4) is 0 Å². The molecule has 0 spiro atoms. The zero-order chi connectivity index (χ0) is 18.2. The van der Waals surface area contributed by atoms with E-state index in [0.29, 0.717) is 17.0 Å². The van der Waals surface area contributed by atoms with Crippen LogP contribution in [0, 0.1) is 0 Å². The van der Waals surface area contributed by atoms with Crippen LogP contribution < -0.4 is 16.5 Å². The number of hydrogen-bond donors (Lipinski definition) is 3. The van der Waals surface area contributed by atoms with Gasteiger partial charge in [-0.05, 0) is 31.2 Å². The maximum atomic E-state index is 11.9. The van der Waals surface area contributed by atoms with Crippen LogP contribution in [0.25, 0.3) is 0 Å². The Morgan fingerprint density at radius 1 is 1.16 bits per heavy atom. The second-order valence-electron chi connectivity index (χ2n) is 5.05. The van der Waals surface area contributed by atoms with Crippen molar-refractivity contribution in [2.45, 2.75) is 13.3 Å². The van der Waals surface area contributed by atoms with Crippen LogP contribution in [0.5, 0.6) is 0 Å². The number of nitrogens with zero attached hydrogens (tertiary/aromatic N) is 3. The second-order valence-corrected chi connectivity index (χ2v) is 5.05. The van der Waals surface area contributed by atoms with Crippen molar-refractivity contribution >= 4 is 29.1 Å². The minimum Gasteiger partial charge on any atom is -0.366 e. The summed E-state index contributed by atoms with van der Waals surface area (Å²) >= 11 is 0. The molecule has 1 aromatic carbocycles. The topological polar surface area (TPSA) is 139 Å². The molecule has 0 saturated carbocycles. The van der Waals surface area contributed by atoms with E-state index in [1.165, 1.54) is 30.7 Å². The third-order valence-corrected chi connectivity index (χ3v) is 3.01. The normalized spacial score (nSPS) is 10.8. The van der Waals surface area contributed by atoms with Gasteiger partial charge in [-0.15, -0.1) is 0 Å². The highest BCUT2D eigenvalue weighted by Gasteiger charge is 2.08. The van der Waals surface area contributed by atoms with Crippen LogP contribution in [0.2, 0.25) is 0 Å². The number of amides is 3. The van der Waals surface area contributed by atoms with Crippen molar-refractivity contribution in [2.24, 2.45) is 10.8 Å². The molecule has 2 aromatic rings. The van der Waals surface area contributed by atoms with Crippen LogP contribution in [0.4, 0.5) is 5.69 Å². The summed E-state index contributed by atoms with van der Waals surface area (Å²) in [4.78, 5) is 42.3. The Labute approximate surface area is 143 Å². The van der Waals surface area contributed by atoms with Gasteiger partial charge in [0.2, 0.25) is 11.8 Å². The van der Waals surface area contributed by atoms with E-state index < -0.39 is 11.8 Å². The number of primary amides is 1. The van der Waals surface area contributed by atoms with Crippen molar-refractivity contribution in [1.82, 2.24) is 15.4 Å². The molecule has 4 N–H and O–H groups in total. The van der Waals surface area contributed by atoms with E-state index in [2.05, 4.69) is 25.8 Å². The third kappa shape index (κ3) is 5.50. The lowest BCUT2D eigenvalue weighted by molar-refractivity contribution is -0.115. The molecule has 128 valence electrons. The quantitative estimate of drug-likeness (QED) is 0.525. The number of aromatic nitrogens is 2.